The molecule has 6 atom stereocenters. The van der Waals surface area contributed by atoms with Crippen molar-refractivity contribution in [2.75, 3.05) is 40.3 Å². The van der Waals surface area contributed by atoms with E-state index < -0.39 is 12.6 Å². The lowest BCUT2D eigenvalue weighted by atomic mass is 9.87. The topological polar surface area (TPSA) is 79.4 Å². The van der Waals surface area contributed by atoms with E-state index in [9.17, 15) is 10.2 Å². The molecule has 4 aliphatic rings. The average molecular weight is 325 g/mol. The lowest BCUT2D eigenvalue weighted by molar-refractivity contribution is -0.148. The van der Waals surface area contributed by atoms with Crippen LogP contribution in [0.25, 0.3) is 0 Å². The van der Waals surface area contributed by atoms with Crippen LogP contribution in [0.15, 0.2) is 0 Å². The van der Waals surface area contributed by atoms with Crippen LogP contribution in [0.1, 0.15) is 19.3 Å². The number of piperidine rings is 1. The number of hydrogen-bond donors (Lipinski definition) is 3. The molecule has 0 aromatic carbocycles. The number of hydrogen-bond acceptors (Lipinski definition) is 7. The zero-order valence-electron chi connectivity index (χ0n) is 14.3. The number of nitrogens with zero attached hydrogens (tertiary/aromatic N) is 4. The van der Waals surface area contributed by atoms with E-state index in [-0.39, 0.29) is 12.2 Å². The third-order valence-corrected chi connectivity index (χ3v) is 6.57. The van der Waals surface area contributed by atoms with Gasteiger partial charge in [0, 0.05) is 38.3 Å². The molecule has 0 spiro atoms. The third kappa shape index (κ3) is 2.63. The predicted molar refractivity (Wildman–Crippen MR) is 87.1 cm³/mol. The highest BCUT2D eigenvalue weighted by atomic mass is 16.4. The summed E-state index contributed by atoms with van der Waals surface area (Å²) in [5, 5.41) is 21.1. The molecule has 0 aromatic rings. The van der Waals surface area contributed by atoms with Crippen molar-refractivity contribution >= 4 is 0 Å². The Bertz CT molecular complexity index is 448. The van der Waals surface area contributed by atoms with Gasteiger partial charge in [-0.3, -0.25) is 14.7 Å². The van der Waals surface area contributed by atoms with Crippen LogP contribution in [0, 0.1) is 11.8 Å². The molecule has 4 N–H and O–H groups in total. The first-order valence-corrected chi connectivity index (χ1v) is 9.01. The Labute approximate surface area is 138 Å². The van der Waals surface area contributed by atoms with E-state index in [4.69, 9.17) is 5.73 Å². The molecule has 7 heteroatoms. The van der Waals surface area contributed by atoms with Gasteiger partial charge < -0.3 is 15.9 Å². The second-order valence-electron chi connectivity index (χ2n) is 8.04. The molecule has 1 saturated carbocycles. The summed E-state index contributed by atoms with van der Waals surface area (Å²) >= 11 is 0. The van der Waals surface area contributed by atoms with Crippen LogP contribution in [0.2, 0.25) is 0 Å². The van der Waals surface area contributed by atoms with Crippen molar-refractivity contribution in [2.24, 2.45) is 17.6 Å². The van der Waals surface area contributed by atoms with Crippen LogP contribution in [-0.4, -0.2) is 101 Å². The minimum atomic E-state index is -0.694. The second-order valence-corrected chi connectivity index (χ2v) is 8.04. The molecule has 3 aliphatic heterocycles. The van der Waals surface area contributed by atoms with Crippen LogP contribution in [0.5, 0.6) is 0 Å². The zero-order chi connectivity index (χ0) is 16.3. The van der Waals surface area contributed by atoms with Gasteiger partial charge in [0.25, 0.3) is 0 Å². The van der Waals surface area contributed by atoms with Crippen LogP contribution in [-0.2, 0) is 0 Å². The Morgan fingerprint density at radius 1 is 1.04 bits per heavy atom. The Hall–Kier alpha value is -0.280. The van der Waals surface area contributed by atoms with Crippen molar-refractivity contribution in [3.63, 3.8) is 0 Å². The summed E-state index contributed by atoms with van der Waals surface area (Å²) in [6.45, 7) is 3.31. The van der Waals surface area contributed by atoms with Crippen LogP contribution < -0.4 is 5.73 Å². The van der Waals surface area contributed by atoms with Gasteiger partial charge in [-0.2, -0.15) is 0 Å². The number of likely N-dealkylation sites (N-methyl/N-ethyl adjacent to an activating group) is 2. The highest BCUT2D eigenvalue weighted by Gasteiger charge is 2.53. The van der Waals surface area contributed by atoms with E-state index in [1.54, 1.807) is 0 Å². The first-order chi connectivity index (χ1) is 11.0. The normalized spacial score (nSPS) is 47.3. The van der Waals surface area contributed by atoms with E-state index in [2.05, 4.69) is 16.8 Å². The smallest absolute Gasteiger partial charge is 0.167 e. The fourth-order valence-electron chi connectivity index (χ4n) is 5.13. The average Bonchev–Trinajstić information content (AvgIpc) is 3.27. The SMILES string of the molecule is CN1CC(O)N(C2CC(C3CC3)CN3CC(CN)N(C)C23)C1O. The summed E-state index contributed by atoms with van der Waals surface area (Å²) < 4.78 is 0. The van der Waals surface area contributed by atoms with Crippen LogP contribution >= 0.6 is 0 Å². The summed E-state index contributed by atoms with van der Waals surface area (Å²) in [6, 6.07) is 0.529. The molecule has 6 unspecified atom stereocenters. The number of fused-ring (bicyclic) bond motifs is 1. The summed E-state index contributed by atoms with van der Waals surface area (Å²) in [5.41, 5.74) is 5.97. The van der Waals surface area contributed by atoms with Crippen molar-refractivity contribution in [3.8, 4) is 0 Å². The molecule has 4 fully saturated rings. The molecule has 0 bridgehead atoms. The lowest BCUT2D eigenvalue weighted by Gasteiger charge is -2.48. The molecule has 0 amide bonds. The molecule has 0 aromatic heterocycles. The maximum Gasteiger partial charge on any atom is 0.167 e. The quantitative estimate of drug-likeness (QED) is 0.584. The van der Waals surface area contributed by atoms with E-state index in [1.807, 2.05) is 16.8 Å². The second kappa shape index (κ2) is 5.91. The molecule has 0 radical (unpaired) electrons. The molecule has 3 saturated heterocycles. The van der Waals surface area contributed by atoms with E-state index in [0.29, 0.717) is 25.0 Å². The summed E-state index contributed by atoms with van der Waals surface area (Å²) in [7, 11) is 4.01. The molecule has 3 heterocycles. The van der Waals surface area contributed by atoms with Gasteiger partial charge in [0.05, 0.1) is 6.17 Å². The van der Waals surface area contributed by atoms with Crippen LogP contribution in [0.4, 0.5) is 0 Å². The maximum absolute atomic E-state index is 10.6. The monoisotopic (exact) mass is 325 g/mol. The minimum Gasteiger partial charge on any atom is -0.377 e. The van der Waals surface area contributed by atoms with Crippen LogP contribution in [0.3, 0.4) is 0 Å². The van der Waals surface area contributed by atoms with Crippen molar-refractivity contribution in [1.82, 2.24) is 19.6 Å². The molecular formula is C16H31N5O2. The summed E-state index contributed by atoms with van der Waals surface area (Å²) in [6.07, 6.45) is 2.71. The summed E-state index contributed by atoms with van der Waals surface area (Å²) in [4.78, 5) is 8.67. The Balaban J connectivity index is 1.61. The van der Waals surface area contributed by atoms with Gasteiger partial charge >= 0.3 is 0 Å². The molecule has 7 nitrogen and oxygen atoms in total. The Morgan fingerprint density at radius 2 is 1.78 bits per heavy atom. The standard InChI is InChI=1S/C16H31N5O2/c1-18-9-14(22)21(16(18)23)13-5-11(10-3-4-10)7-20-8-12(6-17)19(2)15(13)20/h10-16,22-23H,3-9,17H2,1-2H3. The van der Waals surface area contributed by atoms with Crippen molar-refractivity contribution < 1.29 is 10.2 Å². The first kappa shape index (κ1) is 16.2. The van der Waals surface area contributed by atoms with Gasteiger partial charge in [-0.05, 0) is 45.2 Å². The number of rotatable bonds is 3. The first-order valence-electron chi connectivity index (χ1n) is 9.01. The van der Waals surface area contributed by atoms with E-state index in [1.165, 1.54) is 12.8 Å². The zero-order valence-corrected chi connectivity index (χ0v) is 14.3. The number of β-amino-alcohol motifs (C(OH)–C–C–N with tert-alkyl or cyclic N) is 1. The highest BCUT2D eigenvalue weighted by molar-refractivity contribution is 5.04. The van der Waals surface area contributed by atoms with E-state index >= 15 is 0 Å². The molecular weight excluding hydrogens is 294 g/mol. The Morgan fingerprint density at radius 3 is 2.35 bits per heavy atom. The summed E-state index contributed by atoms with van der Waals surface area (Å²) in [5.74, 6) is 1.53. The minimum absolute atomic E-state index is 0.158. The fourth-order valence-corrected chi connectivity index (χ4v) is 5.13. The molecule has 1 aliphatic carbocycles. The van der Waals surface area contributed by atoms with Crippen molar-refractivity contribution in [3.05, 3.63) is 0 Å². The maximum atomic E-state index is 10.6. The van der Waals surface area contributed by atoms with Gasteiger partial charge in [-0.25, -0.2) is 4.90 Å². The molecule has 4 rings (SSSR count). The van der Waals surface area contributed by atoms with Gasteiger partial charge in [0.2, 0.25) is 0 Å². The molecule has 132 valence electrons. The van der Waals surface area contributed by atoms with Gasteiger partial charge in [0.15, 0.2) is 6.35 Å². The molecule has 23 heavy (non-hydrogen) atoms. The largest absolute Gasteiger partial charge is 0.377 e. The van der Waals surface area contributed by atoms with Gasteiger partial charge in [-0.15, -0.1) is 0 Å². The lowest BCUT2D eigenvalue weighted by Crippen LogP contribution is -2.62. The number of aliphatic hydroxyl groups excluding tert-OH is 2. The fraction of sp³-hybridized carbons (Fsp3) is 1.00. The van der Waals surface area contributed by atoms with Crippen molar-refractivity contribution in [1.29, 1.82) is 0 Å². The number of aliphatic hydroxyl groups is 2. The number of nitrogens with two attached hydrogens (primary N) is 1. The predicted octanol–water partition coefficient (Wildman–Crippen LogP) is -1.47. The van der Waals surface area contributed by atoms with Gasteiger partial charge in [0.1, 0.15) is 6.23 Å². The Kier molecular flexibility index (Phi) is 4.16. The van der Waals surface area contributed by atoms with Gasteiger partial charge in [-0.1, -0.05) is 0 Å². The van der Waals surface area contributed by atoms with E-state index in [0.717, 1.165) is 25.4 Å². The van der Waals surface area contributed by atoms with Crippen molar-refractivity contribution in [2.45, 2.75) is 50.1 Å². The highest BCUT2D eigenvalue weighted by Crippen LogP contribution is 2.45. The third-order valence-electron chi connectivity index (χ3n) is 6.57.